The highest BCUT2D eigenvalue weighted by atomic mass is 35.5. The fraction of sp³-hybridized carbons (Fsp3) is 0.333. The molecule has 0 unspecified atom stereocenters. The summed E-state index contributed by atoms with van der Waals surface area (Å²) >= 11 is 5.81. The minimum absolute atomic E-state index is 0.0109. The van der Waals surface area contributed by atoms with Crippen LogP contribution in [-0.2, 0) is 4.79 Å². The molecule has 0 fully saturated rings. The molecule has 108 valence electrons. The summed E-state index contributed by atoms with van der Waals surface area (Å²) in [6.45, 7) is 2.44. The van der Waals surface area contributed by atoms with Crippen molar-refractivity contribution in [3.63, 3.8) is 0 Å². The normalized spacial score (nSPS) is 9.90. The maximum atomic E-state index is 11.8. The first-order valence-electron chi connectivity index (χ1n) is 5.95. The van der Waals surface area contributed by atoms with E-state index in [1.807, 2.05) is 0 Å². The molecule has 0 spiro atoms. The Morgan fingerprint density at radius 3 is 2.65 bits per heavy atom. The van der Waals surface area contributed by atoms with Gasteiger partial charge in [0.25, 0.3) is 11.6 Å². The monoisotopic (exact) mass is 299 g/mol. The molecule has 7 nitrogen and oxygen atoms in total. The highest BCUT2D eigenvalue weighted by Crippen LogP contribution is 2.27. The summed E-state index contributed by atoms with van der Waals surface area (Å²) in [6, 6.07) is 3.98. The smallest absolute Gasteiger partial charge is 0.288 e. The van der Waals surface area contributed by atoms with E-state index in [1.165, 1.54) is 18.2 Å². The summed E-state index contributed by atoms with van der Waals surface area (Å²) in [4.78, 5) is 33.1. The molecular formula is C12H14ClN3O4. The van der Waals surface area contributed by atoms with Crippen LogP contribution in [0.3, 0.4) is 0 Å². The van der Waals surface area contributed by atoms with Crippen molar-refractivity contribution in [2.24, 2.45) is 0 Å². The molecule has 1 rings (SSSR count). The molecule has 0 bridgehead atoms. The molecule has 1 aromatic carbocycles. The Morgan fingerprint density at radius 1 is 1.35 bits per heavy atom. The zero-order chi connectivity index (χ0) is 15.1. The lowest BCUT2D eigenvalue weighted by molar-refractivity contribution is -0.384. The minimum Gasteiger partial charge on any atom is -0.356 e. The van der Waals surface area contributed by atoms with Gasteiger partial charge in [-0.1, -0.05) is 17.7 Å². The van der Waals surface area contributed by atoms with Gasteiger partial charge in [-0.15, -0.1) is 0 Å². The van der Waals surface area contributed by atoms with Gasteiger partial charge >= 0.3 is 0 Å². The van der Waals surface area contributed by atoms with Crippen molar-refractivity contribution >= 4 is 29.1 Å². The Bertz CT molecular complexity index is 533. The number of halogens is 1. The molecule has 0 atom stereocenters. The highest BCUT2D eigenvalue weighted by Gasteiger charge is 2.19. The van der Waals surface area contributed by atoms with E-state index in [9.17, 15) is 19.7 Å². The number of hydrogen-bond donors (Lipinski definition) is 2. The SMILES string of the molecule is CCNC(=O)CCNC(=O)c1cccc([N+](=O)[O-])c1Cl. The Hall–Kier alpha value is -2.15. The first kappa shape index (κ1) is 15.9. The van der Waals surface area contributed by atoms with Crippen molar-refractivity contribution in [2.75, 3.05) is 13.1 Å². The fourth-order valence-corrected chi connectivity index (χ4v) is 1.79. The Balaban J connectivity index is 2.67. The lowest BCUT2D eigenvalue weighted by Crippen LogP contribution is -2.30. The van der Waals surface area contributed by atoms with Crippen LogP contribution < -0.4 is 10.6 Å². The number of carbonyl (C=O) groups is 2. The Labute approximate surface area is 120 Å². The quantitative estimate of drug-likeness (QED) is 0.614. The third kappa shape index (κ3) is 4.20. The fourth-order valence-electron chi connectivity index (χ4n) is 1.51. The van der Waals surface area contributed by atoms with Crippen molar-refractivity contribution in [2.45, 2.75) is 13.3 Å². The average Bonchev–Trinajstić information content (AvgIpc) is 2.38. The van der Waals surface area contributed by atoms with Crippen LogP contribution in [0.2, 0.25) is 5.02 Å². The van der Waals surface area contributed by atoms with Gasteiger partial charge in [0.1, 0.15) is 5.02 Å². The van der Waals surface area contributed by atoms with Crippen LogP contribution in [0.15, 0.2) is 18.2 Å². The van der Waals surface area contributed by atoms with E-state index in [1.54, 1.807) is 6.92 Å². The van der Waals surface area contributed by atoms with Crippen LogP contribution in [0.1, 0.15) is 23.7 Å². The molecule has 1 aromatic rings. The van der Waals surface area contributed by atoms with Crippen LogP contribution >= 0.6 is 11.6 Å². The molecule has 0 aromatic heterocycles. The standard InChI is InChI=1S/C12H14ClN3O4/c1-2-14-10(17)6-7-15-12(18)8-4-3-5-9(11(8)13)16(19)20/h3-5H,2,6-7H2,1H3,(H,14,17)(H,15,18). The van der Waals surface area contributed by atoms with E-state index in [-0.39, 0.29) is 35.1 Å². The predicted octanol–water partition coefficient (Wildman–Crippen LogP) is 1.50. The molecule has 0 radical (unpaired) electrons. The number of amides is 2. The molecule has 0 aliphatic rings. The van der Waals surface area contributed by atoms with E-state index in [0.29, 0.717) is 6.54 Å². The van der Waals surface area contributed by atoms with Gasteiger partial charge in [0.2, 0.25) is 5.91 Å². The maximum absolute atomic E-state index is 11.8. The van der Waals surface area contributed by atoms with Gasteiger partial charge in [0.05, 0.1) is 10.5 Å². The summed E-state index contributed by atoms with van der Waals surface area (Å²) in [5, 5.41) is 15.6. The Morgan fingerprint density at radius 2 is 2.05 bits per heavy atom. The van der Waals surface area contributed by atoms with Gasteiger partial charge in [-0.2, -0.15) is 0 Å². The minimum atomic E-state index is -0.659. The molecule has 0 saturated heterocycles. The van der Waals surface area contributed by atoms with Gasteiger partial charge in [-0.3, -0.25) is 19.7 Å². The Kier molecular flexibility index (Phi) is 5.92. The van der Waals surface area contributed by atoms with Gasteiger partial charge < -0.3 is 10.6 Å². The van der Waals surface area contributed by atoms with E-state index < -0.39 is 10.8 Å². The van der Waals surface area contributed by atoms with Crippen LogP contribution in [0.5, 0.6) is 0 Å². The summed E-state index contributed by atoms with van der Waals surface area (Å²) in [5.74, 6) is -0.735. The summed E-state index contributed by atoms with van der Waals surface area (Å²) in [7, 11) is 0. The van der Waals surface area contributed by atoms with Crippen LogP contribution in [0.4, 0.5) is 5.69 Å². The number of benzene rings is 1. The third-order valence-corrected chi connectivity index (χ3v) is 2.83. The second-order valence-electron chi connectivity index (χ2n) is 3.86. The largest absolute Gasteiger partial charge is 0.356 e. The van der Waals surface area contributed by atoms with E-state index in [0.717, 1.165) is 0 Å². The number of hydrogen-bond acceptors (Lipinski definition) is 4. The van der Waals surface area contributed by atoms with Crippen LogP contribution in [-0.4, -0.2) is 29.8 Å². The number of nitrogens with one attached hydrogen (secondary N) is 2. The molecule has 0 heterocycles. The van der Waals surface area contributed by atoms with E-state index >= 15 is 0 Å². The number of rotatable bonds is 6. The van der Waals surface area contributed by atoms with Crippen molar-refractivity contribution in [1.82, 2.24) is 10.6 Å². The lowest BCUT2D eigenvalue weighted by Gasteiger charge is -2.07. The molecule has 20 heavy (non-hydrogen) atoms. The van der Waals surface area contributed by atoms with Crippen LogP contribution in [0.25, 0.3) is 0 Å². The van der Waals surface area contributed by atoms with Crippen molar-refractivity contribution in [3.05, 3.63) is 38.9 Å². The number of nitro benzene ring substituents is 1. The van der Waals surface area contributed by atoms with Gasteiger partial charge in [0.15, 0.2) is 0 Å². The van der Waals surface area contributed by atoms with Crippen molar-refractivity contribution in [1.29, 1.82) is 0 Å². The van der Waals surface area contributed by atoms with E-state index in [4.69, 9.17) is 11.6 Å². The number of carbonyl (C=O) groups excluding carboxylic acids is 2. The summed E-state index contributed by atoms with van der Waals surface area (Å²) in [6.07, 6.45) is 0.131. The van der Waals surface area contributed by atoms with Gasteiger partial charge in [0, 0.05) is 25.6 Å². The molecular weight excluding hydrogens is 286 g/mol. The molecule has 8 heteroatoms. The zero-order valence-electron chi connectivity index (χ0n) is 10.8. The maximum Gasteiger partial charge on any atom is 0.288 e. The first-order valence-corrected chi connectivity index (χ1v) is 6.33. The number of nitro groups is 1. The van der Waals surface area contributed by atoms with Gasteiger partial charge in [-0.25, -0.2) is 0 Å². The number of nitrogens with zero attached hydrogens (tertiary/aromatic N) is 1. The molecule has 0 aliphatic carbocycles. The second kappa shape index (κ2) is 7.44. The summed E-state index contributed by atoms with van der Waals surface area (Å²) in [5.41, 5.74) is -0.320. The van der Waals surface area contributed by atoms with E-state index in [2.05, 4.69) is 10.6 Å². The lowest BCUT2D eigenvalue weighted by atomic mass is 10.2. The predicted molar refractivity (Wildman–Crippen MR) is 73.7 cm³/mol. The molecule has 0 saturated carbocycles. The van der Waals surface area contributed by atoms with Crippen molar-refractivity contribution < 1.29 is 14.5 Å². The first-order chi connectivity index (χ1) is 9.47. The van der Waals surface area contributed by atoms with Crippen molar-refractivity contribution in [3.8, 4) is 0 Å². The second-order valence-corrected chi connectivity index (χ2v) is 4.23. The average molecular weight is 300 g/mol. The molecule has 2 N–H and O–H groups in total. The van der Waals surface area contributed by atoms with Gasteiger partial charge in [-0.05, 0) is 13.0 Å². The third-order valence-electron chi connectivity index (χ3n) is 2.43. The summed E-state index contributed by atoms with van der Waals surface area (Å²) < 4.78 is 0. The molecule has 0 aliphatic heterocycles. The molecule has 2 amide bonds. The zero-order valence-corrected chi connectivity index (χ0v) is 11.6. The highest BCUT2D eigenvalue weighted by molar-refractivity contribution is 6.35. The van der Waals surface area contributed by atoms with Crippen LogP contribution in [0, 0.1) is 10.1 Å². The topological polar surface area (TPSA) is 101 Å².